The van der Waals surface area contributed by atoms with Gasteiger partial charge in [-0.3, -0.25) is 4.79 Å². The molecule has 7 heteroatoms. The summed E-state index contributed by atoms with van der Waals surface area (Å²) >= 11 is 6.09. The molecule has 1 aliphatic rings. The summed E-state index contributed by atoms with van der Waals surface area (Å²) in [5.41, 5.74) is 1.47. The van der Waals surface area contributed by atoms with Crippen LogP contribution in [0.1, 0.15) is 33.6 Å². The smallest absolute Gasteiger partial charge is 0.255 e. The Labute approximate surface area is 161 Å². The predicted octanol–water partition coefficient (Wildman–Crippen LogP) is 3.82. The molecule has 4 rings (SSSR count). The maximum Gasteiger partial charge on any atom is 0.255 e. The maximum atomic E-state index is 13.3. The van der Waals surface area contributed by atoms with Crippen molar-refractivity contribution in [1.29, 1.82) is 0 Å². The quantitative estimate of drug-likeness (QED) is 0.689. The Bertz CT molecular complexity index is 989. The largest absolute Gasteiger partial charge is 0.329 e. The lowest BCUT2D eigenvalue weighted by Gasteiger charge is -2.34. The maximum absolute atomic E-state index is 13.3. The summed E-state index contributed by atoms with van der Waals surface area (Å²) < 4.78 is 15.4. The first kappa shape index (κ1) is 17.7. The molecule has 0 unspecified atom stereocenters. The normalized spacial score (nSPS) is 16.3. The van der Waals surface area contributed by atoms with E-state index in [1.54, 1.807) is 4.90 Å². The number of hydrogen-bond acceptors (Lipinski definition) is 3. The number of benzene rings is 2. The molecule has 0 saturated heterocycles. The highest BCUT2D eigenvalue weighted by Gasteiger charge is 2.31. The molecule has 1 atom stereocenters. The molecule has 2 heterocycles. The number of halogens is 2. The number of aryl methyl sites for hydroxylation is 1. The number of nitrogens with zero attached hydrogens (tertiary/aromatic N) is 4. The zero-order chi connectivity index (χ0) is 19.0. The van der Waals surface area contributed by atoms with Crippen LogP contribution in [-0.2, 0) is 13.0 Å². The second-order valence-electron chi connectivity index (χ2n) is 6.69. The Morgan fingerprint density at radius 3 is 2.74 bits per heavy atom. The highest BCUT2D eigenvalue weighted by molar-refractivity contribution is 6.33. The van der Waals surface area contributed by atoms with Crippen molar-refractivity contribution in [3.05, 3.63) is 82.1 Å². The van der Waals surface area contributed by atoms with E-state index in [2.05, 4.69) is 26.9 Å². The van der Waals surface area contributed by atoms with Gasteiger partial charge in [-0.15, -0.1) is 10.2 Å². The Balaban J connectivity index is 1.65. The second-order valence-corrected chi connectivity index (χ2v) is 7.09. The number of carbonyl (C=O) groups is 1. The van der Waals surface area contributed by atoms with Gasteiger partial charge >= 0.3 is 0 Å². The second kappa shape index (κ2) is 7.12. The molecule has 5 nitrogen and oxygen atoms in total. The van der Waals surface area contributed by atoms with Crippen molar-refractivity contribution in [2.24, 2.45) is 0 Å². The minimum atomic E-state index is -0.465. The first-order chi connectivity index (χ1) is 13.0. The fourth-order valence-corrected chi connectivity index (χ4v) is 3.85. The van der Waals surface area contributed by atoms with Crippen LogP contribution in [-0.4, -0.2) is 32.1 Å². The highest BCUT2D eigenvalue weighted by Crippen LogP contribution is 2.28. The number of rotatable bonds is 3. The van der Waals surface area contributed by atoms with Crippen molar-refractivity contribution in [3.8, 4) is 0 Å². The Hall–Kier alpha value is -2.73. The van der Waals surface area contributed by atoms with Crippen molar-refractivity contribution in [2.75, 3.05) is 6.54 Å². The average Bonchev–Trinajstić information content (AvgIpc) is 3.03. The molecule has 0 fully saturated rings. The van der Waals surface area contributed by atoms with Gasteiger partial charge in [-0.1, -0.05) is 41.9 Å². The summed E-state index contributed by atoms with van der Waals surface area (Å²) in [6.45, 7) is 2.77. The molecule has 0 aliphatic carbocycles. The van der Waals surface area contributed by atoms with Crippen LogP contribution in [0.25, 0.3) is 0 Å². The molecule has 3 aromatic rings. The van der Waals surface area contributed by atoms with E-state index >= 15 is 0 Å². The van der Waals surface area contributed by atoms with E-state index < -0.39 is 5.82 Å². The Morgan fingerprint density at radius 2 is 2.00 bits per heavy atom. The standard InChI is InChI=1S/C20H18ClFN4O/c1-13-23-24-19-12-25(20(27)17-8-7-15(22)10-18(17)21)11-16(26(13)19)9-14-5-3-2-4-6-14/h2-8,10,16H,9,11-12H2,1H3/t16-/m1/s1. The van der Waals surface area contributed by atoms with Gasteiger partial charge in [0, 0.05) is 6.54 Å². The van der Waals surface area contributed by atoms with Gasteiger partial charge in [-0.2, -0.15) is 0 Å². The molecule has 0 radical (unpaired) electrons. The summed E-state index contributed by atoms with van der Waals surface area (Å²) in [6.07, 6.45) is 0.758. The fourth-order valence-electron chi connectivity index (χ4n) is 3.60. The summed E-state index contributed by atoms with van der Waals surface area (Å²) in [4.78, 5) is 14.7. The molecule has 138 valence electrons. The van der Waals surface area contributed by atoms with E-state index in [9.17, 15) is 9.18 Å². The molecule has 0 saturated carbocycles. The van der Waals surface area contributed by atoms with E-state index in [1.165, 1.54) is 17.7 Å². The molecular formula is C20H18ClFN4O. The molecule has 0 bridgehead atoms. The van der Waals surface area contributed by atoms with Crippen LogP contribution < -0.4 is 0 Å². The van der Waals surface area contributed by atoms with Gasteiger partial charge in [-0.05, 0) is 37.1 Å². The monoisotopic (exact) mass is 384 g/mol. The fraction of sp³-hybridized carbons (Fsp3) is 0.250. The lowest BCUT2D eigenvalue weighted by atomic mass is 10.0. The number of aromatic nitrogens is 3. The third-order valence-electron chi connectivity index (χ3n) is 4.83. The van der Waals surface area contributed by atoms with Crippen LogP contribution in [0.2, 0.25) is 5.02 Å². The third kappa shape index (κ3) is 3.45. The average molecular weight is 385 g/mol. The Kier molecular flexibility index (Phi) is 4.66. The molecular weight excluding hydrogens is 367 g/mol. The van der Waals surface area contributed by atoms with E-state index in [0.717, 1.165) is 24.1 Å². The molecule has 0 N–H and O–H groups in total. The summed E-state index contributed by atoms with van der Waals surface area (Å²) in [6, 6.07) is 14.0. The summed E-state index contributed by atoms with van der Waals surface area (Å²) in [5.74, 6) is 0.876. The van der Waals surface area contributed by atoms with Crippen molar-refractivity contribution in [2.45, 2.75) is 25.9 Å². The van der Waals surface area contributed by atoms with Crippen LogP contribution in [0.3, 0.4) is 0 Å². The van der Waals surface area contributed by atoms with Crippen molar-refractivity contribution in [3.63, 3.8) is 0 Å². The molecule has 1 aliphatic heterocycles. The number of fused-ring (bicyclic) bond motifs is 1. The first-order valence-electron chi connectivity index (χ1n) is 8.71. The van der Waals surface area contributed by atoms with Gasteiger partial charge in [0.25, 0.3) is 5.91 Å². The zero-order valence-corrected chi connectivity index (χ0v) is 15.5. The minimum Gasteiger partial charge on any atom is -0.329 e. The molecule has 0 spiro atoms. The molecule has 1 aromatic heterocycles. The van der Waals surface area contributed by atoms with Crippen LogP contribution in [0.15, 0.2) is 48.5 Å². The van der Waals surface area contributed by atoms with Crippen molar-refractivity contribution < 1.29 is 9.18 Å². The first-order valence-corrected chi connectivity index (χ1v) is 9.09. The molecule has 27 heavy (non-hydrogen) atoms. The Morgan fingerprint density at radius 1 is 1.22 bits per heavy atom. The van der Waals surface area contributed by atoms with E-state index in [0.29, 0.717) is 18.7 Å². The lowest BCUT2D eigenvalue weighted by molar-refractivity contribution is 0.0672. The van der Waals surface area contributed by atoms with Gasteiger partial charge in [0.2, 0.25) is 0 Å². The third-order valence-corrected chi connectivity index (χ3v) is 5.14. The molecule has 2 aromatic carbocycles. The van der Waals surface area contributed by atoms with Crippen LogP contribution in [0.4, 0.5) is 4.39 Å². The lowest BCUT2D eigenvalue weighted by Crippen LogP contribution is -2.42. The van der Waals surface area contributed by atoms with Crippen LogP contribution in [0.5, 0.6) is 0 Å². The van der Waals surface area contributed by atoms with Crippen molar-refractivity contribution >= 4 is 17.5 Å². The summed E-state index contributed by atoms with van der Waals surface area (Å²) in [7, 11) is 0. The predicted molar refractivity (Wildman–Crippen MR) is 100 cm³/mol. The van der Waals surface area contributed by atoms with E-state index in [-0.39, 0.29) is 17.0 Å². The summed E-state index contributed by atoms with van der Waals surface area (Å²) in [5, 5.41) is 8.54. The van der Waals surface area contributed by atoms with Gasteiger partial charge in [0.15, 0.2) is 5.82 Å². The number of amides is 1. The van der Waals surface area contributed by atoms with Crippen LogP contribution >= 0.6 is 11.6 Å². The van der Waals surface area contributed by atoms with Gasteiger partial charge < -0.3 is 9.47 Å². The van der Waals surface area contributed by atoms with E-state index in [4.69, 9.17) is 11.6 Å². The SMILES string of the molecule is Cc1nnc2n1[C@H](Cc1ccccc1)CN(C(=O)c1ccc(F)cc1Cl)C2. The van der Waals surface area contributed by atoms with Gasteiger partial charge in [0.05, 0.1) is 23.2 Å². The minimum absolute atomic E-state index is 0.0225. The number of carbonyl (C=O) groups excluding carboxylic acids is 1. The van der Waals surface area contributed by atoms with Crippen molar-refractivity contribution in [1.82, 2.24) is 19.7 Å². The highest BCUT2D eigenvalue weighted by atomic mass is 35.5. The van der Waals surface area contributed by atoms with Crippen LogP contribution in [0, 0.1) is 12.7 Å². The van der Waals surface area contributed by atoms with Gasteiger partial charge in [0.1, 0.15) is 11.6 Å². The molecule has 1 amide bonds. The van der Waals surface area contributed by atoms with E-state index in [1.807, 2.05) is 25.1 Å². The number of hydrogen-bond donors (Lipinski definition) is 0. The zero-order valence-electron chi connectivity index (χ0n) is 14.8. The van der Waals surface area contributed by atoms with Gasteiger partial charge in [-0.25, -0.2) is 4.39 Å². The topological polar surface area (TPSA) is 51.0 Å².